The number of aromatic nitrogens is 1. The summed E-state index contributed by atoms with van der Waals surface area (Å²) in [6.07, 6.45) is 2.55. The summed E-state index contributed by atoms with van der Waals surface area (Å²) in [5, 5.41) is 0. The van der Waals surface area contributed by atoms with Gasteiger partial charge in [-0.15, -0.1) is 0 Å². The Morgan fingerprint density at radius 3 is 2.94 bits per heavy atom. The van der Waals surface area contributed by atoms with Crippen molar-refractivity contribution in [2.45, 2.75) is 6.42 Å². The van der Waals surface area contributed by atoms with Gasteiger partial charge in [0.15, 0.2) is 0 Å². The fourth-order valence-corrected chi connectivity index (χ4v) is 2.54. The number of halogens is 1. The lowest BCUT2D eigenvalue weighted by Crippen LogP contribution is -2.29. The molecule has 0 aliphatic carbocycles. The molecule has 1 aliphatic heterocycles. The van der Waals surface area contributed by atoms with Crippen LogP contribution in [0.4, 0.5) is 5.69 Å². The molecule has 2 aromatic rings. The number of pyridine rings is 1. The van der Waals surface area contributed by atoms with E-state index in [1.165, 1.54) is 5.56 Å². The zero-order chi connectivity index (χ0) is 12.5. The molecule has 0 radical (unpaired) electrons. The molecule has 0 saturated heterocycles. The summed E-state index contributed by atoms with van der Waals surface area (Å²) in [5.74, 6) is -0.0348. The molecule has 0 bridgehead atoms. The molecule has 0 unspecified atom stereocenters. The second-order valence-corrected chi connectivity index (χ2v) is 5.11. The zero-order valence-electron chi connectivity index (χ0n) is 9.64. The number of benzene rings is 1. The summed E-state index contributed by atoms with van der Waals surface area (Å²) in [7, 11) is 0. The fourth-order valence-electron chi connectivity index (χ4n) is 2.19. The minimum Gasteiger partial charge on any atom is -0.306 e. The van der Waals surface area contributed by atoms with Crippen molar-refractivity contribution in [1.82, 2.24) is 4.98 Å². The van der Waals surface area contributed by atoms with Gasteiger partial charge in [-0.2, -0.15) is 0 Å². The van der Waals surface area contributed by atoms with Crippen LogP contribution in [0.5, 0.6) is 0 Å². The monoisotopic (exact) mass is 302 g/mol. The van der Waals surface area contributed by atoms with Crippen molar-refractivity contribution in [1.29, 1.82) is 0 Å². The van der Waals surface area contributed by atoms with Gasteiger partial charge in [0.25, 0.3) is 5.91 Å². The average Bonchev–Trinajstić information content (AvgIpc) is 2.82. The van der Waals surface area contributed by atoms with Gasteiger partial charge >= 0.3 is 0 Å². The van der Waals surface area contributed by atoms with Crippen LogP contribution in [0.25, 0.3) is 0 Å². The van der Waals surface area contributed by atoms with Crippen molar-refractivity contribution in [3.8, 4) is 0 Å². The highest BCUT2D eigenvalue weighted by Gasteiger charge is 2.26. The highest BCUT2D eigenvalue weighted by Crippen LogP contribution is 2.31. The topological polar surface area (TPSA) is 33.2 Å². The number of carbonyl (C=O) groups is 1. The molecular weight excluding hydrogens is 292 g/mol. The lowest BCUT2D eigenvalue weighted by Gasteiger charge is -2.16. The standard InChI is InChI=1S/C14H11BrN2O/c15-11-5-4-10-6-8-17(13(10)9-11)14(18)12-3-1-2-7-16-12/h1-5,7,9H,6,8H2. The molecule has 3 rings (SSSR count). The van der Waals surface area contributed by atoms with Crippen LogP contribution < -0.4 is 4.90 Å². The minimum absolute atomic E-state index is 0.0348. The van der Waals surface area contributed by atoms with Gasteiger partial charge < -0.3 is 4.90 Å². The van der Waals surface area contributed by atoms with Crippen molar-refractivity contribution in [2.24, 2.45) is 0 Å². The van der Waals surface area contributed by atoms with Gasteiger partial charge in [-0.3, -0.25) is 9.78 Å². The summed E-state index contributed by atoms with van der Waals surface area (Å²) in [6.45, 7) is 0.723. The molecule has 0 spiro atoms. The van der Waals surface area contributed by atoms with Crippen molar-refractivity contribution in [3.05, 3.63) is 58.3 Å². The number of anilines is 1. The van der Waals surface area contributed by atoms with Crippen molar-refractivity contribution >= 4 is 27.5 Å². The third-order valence-corrected chi connectivity index (χ3v) is 3.57. The van der Waals surface area contributed by atoms with E-state index in [-0.39, 0.29) is 5.91 Å². The van der Waals surface area contributed by atoms with E-state index < -0.39 is 0 Å². The summed E-state index contributed by atoms with van der Waals surface area (Å²) in [4.78, 5) is 18.3. The van der Waals surface area contributed by atoms with E-state index in [1.807, 2.05) is 24.3 Å². The second-order valence-electron chi connectivity index (χ2n) is 4.19. The fraction of sp³-hybridized carbons (Fsp3) is 0.143. The minimum atomic E-state index is -0.0348. The largest absolute Gasteiger partial charge is 0.306 e. The Hall–Kier alpha value is -1.68. The number of carbonyl (C=O) groups excluding carboxylic acids is 1. The van der Waals surface area contributed by atoms with Crippen LogP contribution in [-0.2, 0) is 6.42 Å². The molecule has 0 atom stereocenters. The van der Waals surface area contributed by atoms with Crippen LogP contribution in [0.3, 0.4) is 0 Å². The Kier molecular flexibility index (Phi) is 2.88. The molecule has 90 valence electrons. The lowest BCUT2D eigenvalue weighted by molar-refractivity contribution is 0.0984. The molecule has 2 heterocycles. The molecule has 0 fully saturated rings. The maximum atomic E-state index is 12.4. The Labute approximate surface area is 114 Å². The highest BCUT2D eigenvalue weighted by atomic mass is 79.9. The van der Waals surface area contributed by atoms with Gasteiger partial charge in [-0.05, 0) is 36.2 Å². The molecule has 1 aromatic carbocycles. The van der Waals surface area contributed by atoms with E-state index >= 15 is 0 Å². The van der Waals surface area contributed by atoms with E-state index in [4.69, 9.17) is 0 Å². The quantitative estimate of drug-likeness (QED) is 0.811. The Morgan fingerprint density at radius 2 is 2.17 bits per heavy atom. The van der Waals surface area contributed by atoms with Gasteiger partial charge in [0, 0.05) is 22.9 Å². The van der Waals surface area contributed by atoms with Gasteiger partial charge in [-0.25, -0.2) is 0 Å². The molecule has 4 heteroatoms. The van der Waals surface area contributed by atoms with Crippen LogP contribution in [0, 0.1) is 0 Å². The van der Waals surface area contributed by atoms with Crippen LogP contribution in [0.2, 0.25) is 0 Å². The van der Waals surface area contributed by atoms with Crippen LogP contribution in [-0.4, -0.2) is 17.4 Å². The Morgan fingerprint density at radius 1 is 1.28 bits per heavy atom. The molecule has 0 saturated carbocycles. The maximum Gasteiger partial charge on any atom is 0.276 e. The SMILES string of the molecule is O=C(c1ccccn1)N1CCc2ccc(Br)cc21. The van der Waals surface area contributed by atoms with Gasteiger partial charge in [-0.1, -0.05) is 28.1 Å². The van der Waals surface area contributed by atoms with Gasteiger partial charge in [0.1, 0.15) is 5.69 Å². The van der Waals surface area contributed by atoms with Gasteiger partial charge in [0.2, 0.25) is 0 Å². The van der Waals surface area contributed by atoms with Crippen LogP contribution in [0.15, 0.2) is 47.1 Å². The van der Waals surface area contributed by atoms with Crippen molar-refractivity contribution < 1.29 is 4.79 Å². The molecule has 1 aliphatic rings. The summed E-state index contributed by atoms with van der Waals surface area (Å²) in [5.41, 5.74) is 2.69. The third kappa shape index (κ3) is 1.93. The van der Waals surface area contributed by atoms with E-state index in [2.05, 4.69) is 27.0 Å². The molecule has 1 amide bonds. The van der Waals surface area contributed by atoms with Crippen LogP contribution in [0.1, 0.15) is 16.1 Å². The second kappa shape index (κ2) is 4.53. The lowest BCUT2D eigenvalue weighted by atomic mass is 10.2. The molecule has 18 heavy (non-hydrogen) atoms. The first kappa shape index (κ1) is 11.4. The number of amides is 1. The Bertz CT molecular complexity index is 598. The van der Waals surface area contributed by atoms with Crippen molar-refractivity contribution in [2.75, 3.05) is 11.4 Å². The van der Waals surface area contributed by atoms with E-state index in [9.17, 15) is 4.79 Å². The molecular formula is C14H11BrN2O. The first-order valence-electron chi connectivity index (χ1n) is 5.77. The average molecular weight is 303 g/mol. The number of hydrogen-bond donors (Lipinski definition) is 0. The molecule has 1 aromatic heterocycles. The number of rotatable bonds is 1. The summed E-state index contributed by atoms with van der Waals surface area (Å²) >= 11 is 3.44. The molecule has 3 nitrogen and oxygen atoms in total. The third-order valence-electron chi connectivity index (χ3n) is 3.07. The highest BCUT2D eigenvalue weighted by molar-refractivity contribution is 9.10. The Balaban J connectivity index is 1.97. The molecule has 0 N–H and O–H groups in total. The van der Waals surface area contributed by atoms with Crippen molar-refractivity contribution in [3.63, 3.8) is 0 Å². The predicted molar refractivity (Wildman–Crippen MR) is 73.8 cm³/mol. The number of fused-ring (bicyclic) bond motifs is 1. The predicted octanol–water partition coefficient (Wildman–Crippen LogP) is 3.05. The van der Waals surface area contributed by atoms with E-state index in [1.54, 1.807) is 17.2 Å². The number of hydrogen-bond acceptors (Lipinski definition) is 2. The van der Waals surface area contributed by atoms with Gasteiger partial charge in [0.05, 0.1) is 0 Å². The summed E-state index contributed by atoms with van der Waals surface area (Å²) in [6, 6.07) is 11.4. The first-order chi connectivity index (χ1) is 8.75. The first-order valence-corrected chi connectivity index (χ1v) is 6.56. The maximum absolute atomic E-state index is 12.4. The zero-order valence-corrected chi connectivity index (χ0v) is 11.2. The van der Waals surface area contributed by atoms with E-state index in [0.29, 0.717) is 5.69 Å². The smallest absolute Gasteiger partial charge is 0.276 e. The van der Waals surface area contributed by atoms with E-state index in [0.717, 1.165) is 23.1 Å². The normalized spacial score (nSPS) is 13.5. The summed E-state index contributed by atoms with van der Waals surface area (Å²) < 4.78 is 0.988. The van der Waals surface area contributed by atoms with Crippen LogP contribution >= 0.6 is 15.9 Å². The number of nitrogens with zero attached hydrogens (tertiary/aromatic N) is 2.